The van der Waals surface area contributed by atoms with Gasteiger partial charge in [-0.25, -0.2) is 0 Å². The van der Waals surface area contributed by atoms with Gasteiger partial charge in [0.25, 0.3) is 10.1 Å². The van der Waals surface area contributed by atoms with Gasteiger partial charge in [0.1, 0.15) is 4.90 Å². The Morgan fingerprint density at radius 3 is 2.22 bits per heavy atom. The van der Waals surface area contributed by atoms with Gasteiger partial charge in [0.15, 0.2) is 0 Å². The summed E-state index contributed by atoms with van der Waals surface area (Å²) in [4.78, 5) is 0.116. The summed E-state index contributed by atoms with van der Waals surface area (Å²) in [5, 5.41) is 1.50. The number of rotatable bonds is 7. The number of fused-ring (bicyclic) bond motifs is 1. The molecule has 5 heteroatoms. The predicted molar refractivity (Wildman–Crippen MR) is 96.7 cm³/mol. The standard InChI is InChI=1S/C18H24O3S.Na/c1-3-5-9-14-13-15-10-7-8-12-17(15)18(22(19,20)21)16(14)11-6-4-2;/h7-8,10,12-13H,3-6,9,11H2,1-2H3,(H,19,20,21);. The molecule has 0 amide bonds. The van der Waals surface area contributed by atoms with E-state index in [-0.39, 0.29) is 34.5 Å². The van der Waals surface area contributed by atoms with Crippen LogP contribution in [0.5, 0.6) is 0 Å². The SMILES string of the molecule is CCCCc1cc2ccccc2c(S(=O)(=O)O)c1CCCC.[Na]. The van der Waals surface area contributed by atoms with Crippen molar-refractivity contribution >= 4 is 50.4 Å². The molecule has 2 rings (SSSR count). The average Bonchev–Trinajstić information content (AvgIpc) is 2.48. The normalized spacial score (nSPS) is 11.4. The second kappa shape index (κ2) is 9.19. The molecular weight excluding hydrogens is 319 g/mol. The van der Waals surface area contributed by atoms with E-state index in [2.05, 4.69) is 19.9 Å². The molecule has 0 atom stereocenters. The van der Waals surface area contributed by atoms with Crippen molar-refractivity contribution in [3.8, 4) is 0 Å². The first-order valence-corrected chi connectivity index (χ1v) is 9.44. The Hall–Kier alpha value is -0.390. The van der Waals surface area contributed by atoms with Gasteiger partial charge < -0.3 is 0 Å². The zero-order chi connectivity index (χ0) is 16.2. The molecule has 2 aromatic rings. The van der Waals surface area contributed by atoms with Crippen LogP contribution in [0.3, 0.4) is 0 Å². The van der Waals surface area contributed by atoms with Gasteiger partial charge in [-0.3, -0.25) is 4.55 Å². The fraction of sp³-hybridized carbons (Fsp3) is 0.444. The Kier molecular flexibility index (Phi) is 8.25. The fourth-order valence-corrected chi connectivity index (χ4v) is 3.93. The van der Waals surface area contributed by atoms with Crippen molar-refractivity contribution in [3.05, 3.63) is 41.5 Å². The maximum atomic E-state index is 12.0. The zero-order valence-corrected chi connectivity index (χ0v) is 17.1. The van der Waals surface area contributed by atoms with Crippen LogP contribution in [0.2, 0.25) is 0 Å². The molecule has 0 aliphatic rings. The summed E-state index contributed by atoms with van der Waals surface area (Å²) in [6.45, 7) is 4.20. The Bertz CT molecular complexity index is 754. The molecule has 0 spiro atoms. The third-order valence-electron chi connectivity index (χ3n) is 4.03. The maximum Gasteiger partial charge on any atom is 0.295 e. The van der Waals surface area contributed by atoms with Crippen LogP contribution in [0, 0.1) is 0 Å². The molecule has 0 heterocycles. The number of hydrogen-bond acceptors (Lipinski definition) is 2. The summed E-state index contributed by atoms with van der Waals surface area (Å²) in [6.07, 6.45) is 5.52. The van der Waals surface area contributed by atoms with E-state index in [0.29, 0.717) is 11.8 Å². The fourth-order valence-electron chi connectivity index (χ4n) is 2.93. The van der Waals surface area contributed by atoms with E-state index in [1.165, 1.54) is 0 Å². The molecule has 0 aromatic heterocycles. The smallest absolute Gasteiger partial charge is 0.282 e. The van der Waals surface area contributed by atoms with Crippen LogP contribution in [0.4, 0.5) is 0 Å². The third-order valence-corrected chi connectivity index (χ3v) is 5.02. The van der Waals surface area contributed by atoms with Crippen LogP contribution in [-0.2, 0) is 23.0 Å². The number of unbranched alkanes of at least 4 members (excludes halogenated alkanes) is 2. The second-order valence-electron chi connectivity index (χ2n) is 5.75. The van der Waals surface area contributed by atoms with E-state index in [4.69, 9.17) is 0 Å². The van der Waals surface area contributed by atoms with Crippen LogP contribution >= 0.6 is 0 Å². The van der Waals surface area contributed by atoms with Crippen LogP contribution < -0.4 is 0 Å². The molecule has 0 bridgehead atoms. The molecular formula is C18H24NaO3S. The van der Waals surface area contributed by atoms with Gasteiger partial charge in [-0.05, 0) is 42.2 Å². The minimum Gasteiger partial charge on any atom is -0.282 e. The molecule has 0 saturated heterocycles. The third kappa shape index (κ3) is 5.04. The summed E-state index contributed by atoms with van der Waals surface area (Å²) >= 11 is 0. The van der Waals surface area contributed by atoms with Gasteiger partial charge >= 0.3 is 0 Å². The molecule has 121 valence electrons. The molecule has 1 N–H and O–H groups in total. The Balaban J connectivity index is 0.00000264. The molecule has 0 fully saturated rings. The van der Waals surface area contributed by atoms with Crippen molar-refractivity contribution < 1.29 is 13.0 Å². The summed E-state index contributed by atoms with van der Waals surface area (Å²) in [7, 11) is -4.24. The van der Waals surface area contributed by atoms with Crippen molar-refractivity contribution in [2.45, 2.75) is 57.3 Å². The summed E-state index contributed by atoms with van der Waals surface area (Å²) in [5.41, 5.74) is 1.86. The van der Waals surface area contributed by atoms with E-state index in [9.17, 15) is 13.0 Å². The van der Waals surface area contributed by atoms with Crippen molar-refractivity contribution in [2.75, 3.05) is 0 Å². The first-order chi connectivity index (χ1) is 10.5. The van der Waals surface area contributed by atoms with Crippen LogP contribution in [0.1, 0.15) is 50.7 Å². The average molecular weight is 343 g/mol. The summed E-state index contributed by atoms with van der Waals surface area (Å²) in [5.74, 6) is 0. The molecule has 2 aromatic carbocycles. The number of benzene rings is 2. The summed E-state index contributed by atoms with van der Waals surface area (Å²) in [6, 6.07) is 9.48. The number of hydrogen-bond donors (Lipinski definition) is 1. The Morgan fingerprint density at radius 1 is 1.00 bits per heavy atom. The minimum atomic E-state index is -4.24. The monoisotopic (exact) mass is 343 g/mol. The van der Waals surface area contributed by atoms with Crippen molar-refractivity contribution in [2.24, 2.45) is 0 Å². The molecule has 0 aliphatic carbocycles. The van der Waals surface area contributed by atoms with E-state index in [1.54, 1.807) is 6.07 Å². The van der Waals surface area contributed by atoms with E-state index < -0.39 is 10.1 Å². The topological polar surface area (TPSA) is 54.4 Å². The Labute approximate surface area is 161 Å². The zero-order valence-electron chi connectivity index (χ0n) is 14.3. The molecule has 3 nitrogen and oxygen atoms in total. The first kappa shape index (κ1) is 20.7. The molecule has 0 unspecified atom stereocenters. The van der Waals surface area contributed by atoms with E-state index in [1.807, 2.05) is 18.2 Å². The molecule has 23 heavy (non-hydrogen) atoms. The molecule has 1 radical (unpaired) electrons. The molecule has 0 saturated carbocycles. The first-order valence-electron chi connectivity index (χ1n) is 8.00. The van der Waals surface area contributed by atoms with Crippen LogP contribution in [0.15, 0.2) is 35.2 Å². The largest absolute Gasteiger partial charge is 0.295 e. The van der Waals surface area contributed by atoms with E-state index in [0.717, 1.165) is 48.6 Å². The van der Waals surface area contributed by atoms with Gasteiger partial charge in [-0.2, -0.15) is 8.42 Å². The minimum absolute atomic E-state index is 0. The van der Waals surface area contributed by atoms with E-state index >= 15 is 0 Å². The van der Waals surface area contributed by atoms with Crippen LogP contribution in [-0.4, -0.2) is 42.5 Å². The quantitative estimate of drug-likeness (QED) is 0.599. The van der Waals surface area contributed by atoms with Gasteiger partial charge in [0.05, 0.1) is 0 Å². The Morgan fingerprint density at radius 2 is 1.61 bits per heavy atom. The maximum absolute atomic E-state index is 12.0. The predicted octanol–water partition coefficient (Wildman–Crippen LogP) is 4.39. The van der Waals surface area contributed by atoms with Gasteiger partial charge in [0, 0.05) is 34.9 Å². The summed E-state index contributed by atoms with van der Waals surface area (Å²) < 4.78 is 33.8. The number of aryl methyl sites for hydroxylation is 1. The van der Waals surface area contributed by atoms with Gasteiger partial charge in [0.2, 0.25) is 0 Å². The second-order valence-corrected chi connectivity index (χ2v) is 7.11. The van der Waals surface area contributed by atoms with Crippen molar-refractivity contribution in [3.63, 3.8) is 0 Å². The van der Waals surface area contributed by atoms with Crippen molar-refractivity contribution in [1.82, 2.24) is 0 Å². The van der Waals surface area contributed by atoms with Gasteiger partial charge in [-0.15, -0.1) is 0 Å². The van der Waals surface area contributed by atoms with Crippen LogP contribution in [0.25, 0.3) is 10.8 Å². The molecule has 0 aliphatic heterocycles. The van der Waals surface area contributed by atoms with Gasteiger partial charge in [-0.1, -0.05) is 57.0 Å². The van der Waals surface area contributed by atoms with Crippen molar-refractivity contribution in [1.29, 1.82) is 0 Å².